The van der Waals surface area contributed by atoms with Crippen LogP contribution in [0.2, 0.25) is 0 Å². The summed E-state index contributed by atoms with van der Waals surface area (Å²) < 4.78 is 39.6. The molecule has 1 aliphatic heterocycles. The van der Waals surface area contributed by atoms with Crippen LogP contribution in [0.4, 0.5) is 0 Å². The second-order valence-electron chi connectivity index (χ2n) is 6.85. The Kier molecular flexibility index (Phi) is 7.07. The topological polar surface area (TPSA) is 67.9 Å². The molecule has 0 spiro atoms. The van der Waals surface area contributed by atoms with E-state index in [1.807, 2.05) is 38.1 Å². The Bertz CT molecular complexity index is 871. The van der Waals surface area contributed by atoms with Crippen LogP contribution in [0, 0.1) is 6.92 Å². The summed E-state index contributed by atoms with van der Waals surface area (Å²) in [7, 11) is -3.64. The second kappa shape index (κ2) is 9.52. The predicted molar refractivity (Wildman–Crippen MR) is 109 cm³/mol. The van der Waals surface area contributed by atoms with Gasteiger partial charge >= 0.3 is 0 Å². The Morgan fingerprint density at radius 2 is 2.00 bits per heavy atom. The highest BCUT2D eigenvalue weighted by Gasteiger charge is 2.23. The normalized spacial score (nSPS) is 18.1. The van der Waals surface area contributed by atoms with Crippen molar-refractivity contribution in [2.24, 2.45) is 0 Å². The first-order chi connectivity index (χ1) is 13.5. The highest BCUT2D eigenvalue weighted by Crippen LogP contribution is 2.25. The van der Waals surface area contributed by atoms with Crippen LogP contribution in [-0.4, -0.2) is 52.7 Å². The molecular formula is C21H28N2O4S. The van der Waals surface area contributed by atoms with Gasteiger partial charge in [-0.25, -0.2) is 13.1 Å². The third-order valence-electron chi connectivity index (χ3n) is 4.73. The van der Waals surface area contributed by atoms with E-state index in [9.17, 15) is 8.42 Å². The first-order valence-corrected chi connectivity index (χ1v) is 11.1. The van der Waals surface area contributed by atoms with Gasteiger partial charge in [0.2, 0.25) is 10.0 Å². The molecule has 0 aliphatic carbocycles. The SMILES string of the molecule is CCOc1ccc(C)cc1S(=O)(=O)NCCN1CCOC(c2ccccc2)C1. The maximum absolute atomic E-state index is 12.8. The van der Waals surface area contributed by atoms with Crippen LogP contribution in [0.1, 0.15) is 24.2 Å². The molecule has 3 rings (SSSR count). The van der Waals surface area contributed by atoms with E-state index in [4.69, 9.17) is 9.47 Å². The van der Waals surface area contributed by atoms with Crippen LogP contribution in [-0.2, 0) is 14.8 Å². The van der Waals surface area contributed by atoms with Gasteiger partial charge in [-0.2, -0.15) is 0 Å². The average molecular weight is 405 g/mol. The number of hydrogen-bond acceptors (Lipinski definition) is 5. The zero-order chi connectivity index (χ0) is 20.0. The Morgan fingerprint density at radius 3 is 2.75 bits per heavy atom. The summed E-state index contributed by atoms with van der Waals surface area (Å²) in [4.78, 5) is 2.42. The molecule has 1 saturated heterocycles. The lowest BCUT2D eigenvalue weighted by Gasteiger charge is -2.33. The Balaban J connectivity index is 1.59. The molecule has 1 heterocycles. The highest BCUT2D eigenvalue weighted by molar-refractivity contribution is 7.89. The zero-order valence-electron chi connectivity index (χ0n) is 16.4. The van der Waals surface area contributed by atoms with E-state index < -0.39 is 10.0 Å². The lowest BCUT2D eigenvalue weighted by Crippen LogP contribution is -2.42. The monoisotopic (exact) mass is 404 g/mol. The van der Waals surface area contributed by atoms with Gasteiger partial charge in [-0.15, -0.1) is 0 Å². The minimum absolute atomic E-state index is 0.0212. The third kappa shape index (κ3) is 5.32. The molecule has 2 aromatic rings. The summed E-state index contributed by atoms with van der Waals surface area (Å²) in [6, 6.07) is 15.3. The smallest absolute Gasteiger partial charge is 0.244 e. The highest BCUT2D eigenvalue weighted by atomic mass is 32.2. The second-order valence-corrected chi connectivity index (χ2v) is 8.59. The molecule has 0 aromatic heterocycles. The van der Waals surface area contributed by atoms with Gasteiger partial charge in [0, 0.05) is 26.2 Å². The lowest BCUT2D eigenvalue weighted by molar-refractivity contribution is -0.0291. The van der Waals surface area contributed by atoms with Crippen LogP contribution in [0.3, 0.4) is 0 Å². The predicted octanol–water partition coefficient (Wildman–Crippen LogP) is 2.75. The molecular weight excluding hydrogens is 376 g/mol. The van der Waals surface area contributed by atoms with Crippen molar-refractivity contribution in [1.82, 2.24) is 9.62 Å². The van der Waals surface area contributed by atoms with Gasteiger partial charge in [-0.3, -0.25) is 4.90 Å². The quantitative estimate of drug-likeness (QED) is 0.733. The van der Waals surface area contributed by atoms with Crippen molar-refractivity contribution in [3.05, 3.63) is 59.7 Å². The molecule has 1 unspecified atom stereocenters. The van der Waals surface area contributed by atoms with Gasteiger partial charge in [-0.05, 0) is 37.1 Å². The molecule has 0 bridgehead atoms. The summed E-state index contributed by atoms with van der Waals surface area (Å²) in [5, 5.41) is 0. The summed E-state index contributed by atoms with van der Waals surface area (Å²) in [5.74, 6) is 0.385. The van der Waals surface area contributed by atoms with E-state index in [1.165, 1.54) is 0 Å². The van der Waals surface area contributed by atoms with Crippen LogP contribution < -0.4 is 9.46 Å². The van der Waals surface area contributed by atoms with Crippen molar-refractivity contribution < 1.29 is 17.9 Å². The number of nitrogens with one attached hydrogen (secondary N) is 1. The molecule has 1 atom stereocenters. The van der Waals surface area contributed by atoms with Gasteiger partial charge in [0.25, 0.3) is 0 Å². The largest absolute Gasteiger partial charge is 0.492 e. The fourth-order valence-electron chi connectivity index (χ4n) is 3.29. The van der Waals surface area contributed by atoms with Crippen molar-refractivity contribution >= 4 is 10.0 Å². The molecule has 0 amide bonds. The van der Waals surface area contributed by atoms with Crippen molar-refractivity contribution in [3.8, 4) is 5.75 Å². The van der Waals surface area contributed by atoms with E-state index in [1.54, 1.807) is 12.1 Å². The number of aryl methyl sites for hydroxylation is 1. The third-order valence-corrected chi connectivity index (χ3v) is 6.21. The number of ether oxygens (including phenoxy) is 2. The fourth-order valence-corrected chi connectivity index (χ4v) is 4.54. The van der Waals surface area contributed by atoms with Gasteiger partial charge < -0.3 is 9.47 Å². The minimum Gasteiger partial charge on any atom is -0.492 e. The van der Waals surface area contributed by atoms with Crippen molar-refractivity contribution in [2.45, 2.75) is 24.8 Å². The number of benzene rings is 2. The molecule has 0 radical (unpaired) electrons. The molecule has 6 nitrogen and oxygen atoms in total. The Hall–Kier alpha value is -1.93. The standard InChI is InChI=1S/C21H28N2O4S/c1-3-26-19-10-9-17(2)15-21(19)28(24,25)22-11-12-23-13-14-27-20(16-23)18-7-5-4-6-8-18/h4-10,15,20,22H,3,11-14,16H2,1-2H3. The van der Waals surface area contributed by atoms with E-state index >= 15 is 0 Å². The van der Waals surface area contributed by atoms with E-state index in [-0.39, 0.29) is 11.0 Å². The van der Waals surface area contributed by atoms with E-state index in [2.05, 4.69) is 21.8 Å². The van der Waals surface area contributed by atoms with Crippen molar-refractivity contribution in [3.63, 3.8) is 0 Å². The van der Waals surface area contributed by atoms with Gasteiger partial charge in [0.15, 0.2) is 0 Å². The Morgan fingerprint density at radius 1 is 1.21 bits per heavy atom. The summed E-state index contributed by atoms with van der Waals surface area (Å²) in [5.41, 5.74) is 2.02. The number of sulfonamides is 1. The number of nitrogens with zero attached hydrogens (tertiary/aromatic N) is 1. The first-order valence-electron chi connectivity index (χ1n) is 9.61. The molecule has 152 valence electrons. The molecule has 2 aromatic carbocycles. The molecule has 7 heteroatoms. The van der Waals surface area contributed by atoms with Gasteiger partial charge in [0.05, 0.1) is 19.3 Å². The fraction of sp³-hybridized carbons (Fsp3) is 0.429. The molecule has 28 heavy (non-hydrogen) atoms. The summed E-state index contributed by atoms with van der Waals surface area (Å²) >= 11 is 0. The molecule has 0 saturated carbocycles. The van der Waals surface area contributed by atoms with Gasteiger partial charge in [0.1, 0.15) is 10.6 Å². The summed E-state index contributed by atoms with van der Waals surface area (Å²) in [6.45, 7) is 7.27. The number of hydrogen-bond donors (Lipinski definition) is 1. The van der Waals surface area contributed by atoms with E-state index in [0.717, 1.165) is 24.2 Å². The lowest BCUT2D eigenvalue weighted by atomic mass is 10.1. The van der Waals surface area contributed by atoms with Crippen LogP contribution >= 0.6 is 0 Å². The molecule has 1 N–H and O–H groups in total. The average Bonchev–Trinajstić information content (AvgIpc) is 2.70. The van der Waals surface area contributed by atoms with Crippen molar-refractivity contribution in [2.75, 3.05) is 39.4 Å². The summed E-state index contributed by atoms with van der Waals surface area (Å²) in [6.07, 6.45) is 0.0212. The zero-order valence-corrected chi connectivity index (χ0v) is 17.2. The van der Waals surface area contributed by atoms with E-state index in [0.29, 0.717) is 32.1 Å². The number of rotatable bonds is 8. The van der Waals surface area contributed by atoms with Gasteiger partial charge in [-0.1, -0.05) is 36.4 Å². The van der Waals surface area contributed by atoms with Crippen LogP contribution in [0.5, 0.6) is 5.75 Å². The maximum atomic E-state index is 12.8. The Labute approximate surface area is 167 Å². The first kappa shape index (κ1) is 20.8. The molecule has 1 aliphatic rings. The minimum atomic E-state index is -3.64. The number of morpholine rings is 1. The van der Waals surface area contributed by atoms with Crippen LogP contribution in [0.15, 0.2) is 53.4 Å². The molecule has 1 fully saturated rings. The maximum Gasteiger partial charge on any atom is 0.244 e. The van der Waals surface area contributed by atoms with Crippen molar-refractivity contribution in [1.29, 1.82) is 0 Å². The van der Waals surface area contributed by atoms with Crippen LogP contribution in [0.25, 0.3) is 0 Å².